The monoisotopic (exact) mass is 391 g/mol. The number of phosphoric acid groups is 1. The van der Waals surface area contributed by atoms with Crippen LogP contribution in [0.2, 0.25) is 0 Å². The minimum Gasteiger partial charge on any atom is -0.457 e. The van der Waals surface area contributed by atoms with E-state index in [9.17, 15) is 14.2 Å². The van der Waals surface area contributed by atoms with Crippen molar-refractivity contribution in [1.29, 1.82) is 5.26 Å². The van der Waals surface area contributed by atoms with Crippen LogP contribution < -0.4 is 4.74 Å². The number of hydrogen-bond donors (Lipinski definition) is 0. The first-order valence-electron chi connectivity index (χ1n) is 8.29. The van der Waals surface area contributed by atoms with Gasteiger partial charge in [0.05, 0.1) is 19.3 Å². The van der Waals surface area contributed by atoms with Crippen LogP contribution in [0.1, 0.15) is 25.5 Å². The lowest BCUT2D eigenvalue weighted by Gasteiger charge is -2.33. The summed E-state index contributed by atoms with van der Waals surface area (Å²) in [5.41, 5.74) is 0.159. The smallest absolute Gasteiger partial charge is 0.457 e. The minimum atomic E-state index is -3.82. The van der Waals surface area contributed by atoms with E-state index in [-0.39, 0.29) is 24.4 Å². The molecular weight excluding hydrogens is 372 g/mol. The molecule has 3 rings (SSSR count). The minimum absolute atomic E-state index is 0.205. The number of hydrogen-bond acceptors (Lipinski definition) is 6. The molecule has 8 heteroatoms. The fraction of sp³-hybridized carbons (Fsp3) is 0.316. The highest BCUT2D eigenvalue weighted by atomic mass is 31.2. The van der Waals surface area contributed by atoms with Gasteiger partial charge in [-0.15, -0.1) is 0 Å². The van der Waals surface area contributed by atoms with Crippen molar-refractivity contribution in [3.05, 3.63) is 59.9 Å². The SMILES string of the molecule is CC1(C)COP(=O)(OC(C#N)c2cccc(Oc3ccc(F)cc3)c2)OC1. The van der Waals surface area contributed by atoms with Gasteiger partial charge < -0.3 is 4.74 Å². The Morgan fingerprint density at radius 2 is 1.81 bits per heavy atom. The maximum Gasteiger partial charge on any atom is 0.476 e. The molecule has 0 aliphatic carbocycles. The van der Waals surface area contributed by atoms with Crippen LogP contribution in [0.3, 0.4) is 0 Å². The molecule has 6 nitrogen and oxygen atoms in total. The quantitative estimate of drug-likeness (QED) is 0.637. The molecule has 0 radical (unpaired) electrons. The van der Waals surface area contributed by atoms with E-state index in [4.69, 9.17) is 18.3 Å². The van der Waals surface area contributed by atoms with E-state index in [2.05, 4.69) is 0 Å². The van der Waals surface area contributed by atoms with Crippen LogP contribution in [0.5, 0.6) is 11.5 Å². The first kappa shape index (κ1) is 19.5. The van der Waals surface area contributed by atoms with Crippen LogP contribution in [0, 0.1) is 22.6 Å². The third-order valence-electron chi connectivity index (χ3n) is 3.79. The lowest BCUT2D eigenvalue weighted by Crippen LogP contribution is -2.30. The average Bonchev–Trinajstić information content (AvgIpc) is 2.65. The standard InChI is InChI=1S/C19H19FNO5P/c1-19(2)12-23-27(22,24-13-19)26-18(11-21)14-4-3-5-17(10-14)25-16-8-6-15(20)7-9-16/h3-10,18H,12-13H2,1-2H3. The van der Waals surface area contributed by atoms with Gasteiger partial charge in [0.2, 0.25) is 0 Å². The Hall–Kier alpha value is -2.23. The molecular formula is C19H19FNO5P. The molecule has 0 bridgehead atoms. The number of nitrogens with zero attached hydrogens (tertiary/aromatic N) is 1. The fourth-order valence-electron chi connectivity index (χ4n) is 2.32. The Bertz CT molecular complexity index is 880. The molecule has 1 atom stereocenters. The molecule has 1 heterocycles. The summed E-state index contributed by atoms with van der Waals surface area (Å²) in [6, 6.07) is 14.1. The third-order valence-corrected chi connectivity index (χ3v) is 5.15. The second-order valence-electron chi connectivity index (χ2n) is 6.90. The van der Waals surface area contributed by atoms with Gasteiger partial charge in [-0.25, -0.2) is 8.96 Å². The van der Waals surface area contributed by atoms with E-state index in [1.165, 1.54) is 24.3 Å². The van der Waals surface area contributed by atoms with E-state index in [1.807, 2.05) is 19.9 Å². The zero-order valence-corrected chi connectivity index (χ0v) is 15.8. The van der Waals surface area contributed by atoms with Gasteiger partial charge in [0.25, 0.3) is 0 Å². The van der Waals surface area contributed by atoms with Crippen molar-refractivity contribution >= 4 is 7.82 Å². The van der Waals surface area contributed by atoms with Crippen molar-refractivity contribution < 1.29 is 27.3 Å². The molecule has 2 aromatic rings. The maximum atomic E-state index is 13.0. The summed E-state index contributed by atoms with van der Waals surface area (Å²) in [4.78, 5) is 0. The summed E-state index contributed by atoms with van der Waals surface area (Å²) >= 11 is 0. The highest BCUT2D eigenvalue weighted by molar-refractivity contribution is 7.48. The fourth-order valence-corrected chi connectivity index (χ4v) is 3.95. The molecule has 0 saturated carbocycles. The number of nitriles is 1. The van der Waals surface area contributed by atoms with Crippen molar-refractivity contribution in [2.24, 2.45) is 5.41 Å². The van der Waals surface area contributed by atoms with Crippen molar-refractivity contribution in [3.63, 3.8) is 0 Å². The molecule has 1 fully saturated rings. The molecule has 27 heavy (non-hydrogen) atoms. The average molecular weight is 391 g/mol. The Balaban J connectivity index is 1.73. The Morgan fingerprint density at radius 3 is 2.44 bits per heavy atom. The molecule has 1 aliphatic rings. The molecule has 2 aromatic carbocycles. The normalized spacial score (nSPS) is 19.0. The lowest BCUT2D eigenvalue weighted by atomic mass is 9.97. The Kier molecular flexibility index (Phi) is 5.64. The summed E-state index contributed by atoms with van der Waals surface area (Å²) in [5.74, 6) is 0.499. The third kappa shape index (κ3) is 5.15. The number of ether oxygens (including phenoxy) is 1. The predicted molar refractivity (Wildman–Crippen MR) is 95.6 cm³/mol. The summed E-state index contributed by atoms with van der Waals surface area (Å²) in [7, 11) is -3.82. The second-order valence-corrected chi connectivity index (χ2v) is 8.52. The van der Waals surface area contributed by atoms with Crippen molar-refractivity contribution in [3.8, 4) is 17.6 Å². The van der Waals surface area contributed by atoms with Gasteiger partial charge in [-0.3, -0.25) is 13.6 Å². The zero-order valence-electron chi connectivity index (χ0n) is 14.9. The summed E-state index contributed by atoms with van der Waals surface area (Å²) in [6.07, 6.45) is -1.16. The van der Waals surface area contributed by atoms with E-state index in [0.29, 0.717) is 17.1 Å². The Labute approximate surface area is 157 Å². The van der Waals surface area contributed by atoms with Gasteiger partial charge in [-0.1, -0.05) is 26.0 Å². The highest BCUT2D eigenvalue weighted by Gasteiger charge is 2.40. The van der Waals surface area contributed by atoms with Crippen LogP contribution in [0.25, 0.3) is 0 Å². The number of halogens is 1. The van der Waals surface area contributed by atoms with Gasteiger partial charge in [0.15, 0.2) is 6.10 Å². The lowest BCUT2D eigenvalue weighted by molar-refractivity contribution is -0.00539. The van der Waals surface area contributed by atoms with E-state index >= 15 is 0 Å². The number of rotatable bonds is 5. The molecule has 1 saturated heterocycles. The molecule has 0 N–H and O–H groups in total. The van der Waals surface area contributed by atoms with Crippen LogP contribution in [0.4, 0.5) is 4.39 Å². The molecule has 0 aromatic heterocycles. The van der Waals surface area contributed by atoms with Gasteiger partial charge in [-0.05, 0) is 42.0 Å². The van der Waals surface area contributed by atoms with Crippen molar-refractivity contribution in [2.75, 3.05) is 13.2 Å². The molecule has 142 valence electrons. The Morgan fingerprint density at radius 1 is 1.15 bits per heavy atom. The predicted octanol–water partition coefficient (Wildman–Crippen LogP) is 5.38. The molecule has 0 amide bonds. The van der Waals surface area contributed by atoms with Crippen LogP contribution in [0.15, 0.2) is 48.5 Å². The van der Waals surface area contributed by atoms with Crippen LogP contribution in [-0.2, 0) is 18.1 Å². The molecule has 1 unspecified atom stereocenters. The van der Waals surface area contributed by atoms with Crippen molar-refractivity contribution in [2.45, 2.75) is 20.0 Å². The first-order chi connectivity index (χ1) is 12.8. The maximum absolute atomic E-state index is 13.0. The summed E-state index contributed by atoms with van der Waals surface area (Å²) in [6.45, 7) is 4.23. The highest BCUT2D eigenvalue weighted by Crippen LogP contribution is 2.57. The van der Waals surface area contributed by atoms with E-state index in [1.54, 1.807) is 24.3 Å². The van der Waals surface area contributed by atoms with Gasteiger partial charge in [0, 0.05) is 5.41 Å². The van der Waals surface area contributed by atoms with Gasteiger partial charge in [0.1, 0.15) is 17.3 Å². The summed E-state index contributed by atoms with van der Waals surface area (Å²) < 4.78 is 47.1. The van der Waals surface area contributed by atoms with Gasteiger partial charge in [-0.2, -0.15) is 5.26 Å². The largest absolute Gasteiger partial charge is 0.476 e. The number of benzene rings is 2. The van der Waals surface area contributed by atoms with Crippen LogP contribution >= 0.6 is 7.82 Å². The molecule has 0 spiro atoms. The van der Waals surface area contributed by atoms with Gasteiger partial charge >= 0.3 is 7.82 Å². The van der Waals surface area contributed by atoms with E-state index in [0.717, 1.165) is 0 Å². The van der Waals surface area contributed by atoms with Crippen molar-refractivity contribution in [1.82, 2.24) is 0 Å². The number of phosphoric ester groups is 1. The first-order valence-corrected chi connectivity index (χ1v) is 9.75. The van der Waals surface area contributed by atoms with Crippen LogP contribution in [-0.4, -0.2) is 13.2 Å². The summed E-state index contributed by atoms with van der Waals surface area (Å²) in [5, 5.41) is 9.45. The molecule has 1 aliphatic heterocycles. The second kappa shape index (κ2) is 7.79. The topological polar surface area (TPSA) is 77.8 Å². The zero-order chi connectivity index (χ0) is 19.5. The van der Waals surface area contributed by atoms with E-state index < -0.39 is 13.9 Å².